The van der Waals surface area contributed by atoms with Crippen molar-refractivity contribution in [2.24, 2.45) is 0 Å². The van der Waals surface area contributed by atoms with Crippen LogP contribution in [0, 0.1) is 12.7 Å². The molecule has 2 unspecified atom stereocenters. The second-order valence-electron chi connectivity index (χ2n) is 7.57. The fourth-order valence-corrected chi connectivity index (χ4v) is 4.71. The van der Waals surface area contributed by atoms with Gasteiger partial charge in [0.15, 0.2) is 5.78 Å². The van der Waals surface area contributed by atoms with E-state index in [0.717, 1.165) is 22.4 Å². The number of anilines is 1. The molecule has 0 saturated heterocycles. The Hall–Kier alpha value is -2.73. The van der Waals surface area contributed by atoms with Crippen molar-refractivity contribution in [2.45, 2.75) is 31.6 Å². The minimum Gasteiger partial charge on any atom is -0.338 e. The Bertz CT molecular complexity index is 1150. The third kappa shape index (κ3) is 3.02. The van der Waals surface area contributed by atoms with E-state index < -0.39 is 0 Å². The van der Waals surface area contributed by atoms with Gasteiger partial charge in [0.05, 0.1) is 15.7 Å². The number of carbonyl (C=O) groups excluding carboxylic acids is 1. The first-order valence-electron chi connectivity index (χ1n) is 9.52. The first-order valence-corrected chi connectivity index (χ1v) is 10.3. The first kappa shape index (κ1) is 18.3. The molecule has 0 bridgehead atoms. The summed E-state index contributed by atoms with van der Waals surface area (Å²) < 4.78 is 20.2. The van der Waals surface area contributed by atoms with Crippen molar-refractivity contribution in [3.63, 3.8) is 0 Å². The van der Waals surface area contributed by atoms with Gasteiger partial charge in [0.25, 0.3) is 0 Å². The Morgan fingerprint density at radius 1 is 1.14 bits per heavy atom. The van der Waals surface area contributed by atoms with Crippen molar-refractivity contribution in [1.82, 2.24) is 5.16 Å². The van der Waals surface area contributed by atoms with E-state index in [2.05, 4.69) is 38.5 Å². The molecular formula is C23H18BrFN2O2. The average Bonchev–Trinajstić information content (AvgIpc) is 3.09. The fraction of sp³-hybridized carbons (Fsp3) is 0.217. The lowest BCUT2D eigenvalue weighted by atomic mass is 9.72. The molecule has 0 saturated carbocycles. The number of halogens is 2. The van der Waals surface area contributed by atoms with Gasteiger partial charge in [-0.2, -0.15) is 0 Å². The monoisotopic (exact) mass is 452 g/mol. The van der Waals surface area contributed by atoms with Gasteiger partial charge in [0.2, 0.25) is 5.88 Å². The molecule has 0 amide bonds. The summed E-state index contributed by atoms with van der Waals surface area (Å²) in [7, 11) is 0. The van der Waals surface area contributed by atoms with Crippen LogP contribution in [0.15, 0.2) is 68.8 Å². The van der Waals surface area contributed by atoms with Crippen molar-refractivity contribution in [3.8, 4) is 0 Å². The molecule has 1 aliphatic carbocycles. The summed E-state index contributed by atoms with van der Waals surface area (Å²) in [6.07, 6.45) is 1.12. The van der Waals surface area contributed by atoms with Crippen LogP contribution in [0.3, 0.4) is 0 Å². The Morgan fingerprint density at radius 2 is 1.93 bits per heavy atom. The molecule has 1 N–H and O–H groups in total. The van der Waals surface area contributed by atoms with Crippen LogP contribution in [0.2, 0.25) is 0 Å². The van der Waals surface area contributed by atoms with Gasteiger partial charge in [-0.3, -0.25) is 4.79 Å². The van der Waals surface area contributed by atoms with Crippen molar-refractivity contribution in [3.05, 3.63) is 92.5 Å². The predicted octanol–water partition coefficient (Wildman–Crippen LogP) is 5.84. The van der Waals surface area contributed by atoms with Crippen molar-refractivity contribution >= 4 is 27.6 Å². The topological polar surface area (TPSA) is 55.1 Å². The molecule has 1 aliphatic heterocycles. The lowest BCUT2D eigenvalue weighted by molar-refractivity contribution is -0.116. The number of hydrogen-bond acceptors (Lipinski definition) is 4. The fourth-order valence-electron chi connectivity index (χ4n) is 4.46. The van der Waals surface area contributed by atoms with Gasteiger partial charge in [0.1, 0.15) is 5.82 Å². The normalized spacial score (nSPS) is 20.9. The van der Waals surface area contributed by atoms with Crippen LogP contribution in [-0.2, 0) is 4.79 Å². The van der Waals surface area contributed by atoms with E-state index >= 15 is 0 Å². The number of aryl methyl sites for hydroxylation is 1. The molecule has 2 heterocycles. The number of nitrogens with one attached hydrogen (secondary N) is 1. The second kappa shape index (κ2) is 6.95. The Labute approximate surface area is 175 Å². The zero-order chi connectivity index (χ0) is 20.1. The summed E-state index contributed by atoms with van der Waals surface area (Å²) in [6.45, 7) is 1.85. The maximum Gasteiger partial charge on any atom is 0.233 e. The van der Waals surface area contributed by atoms with Crippen molar-refractivity contribution in [2.75, 3.05) is 5.32 Å². The summed E-state index contributed by atoms with van der Waals surface area (Å²) in [6, 6.07) is 15.1. The molecule has 4 nitrogen and oxygen atoms in total. The van der Waals surface area contributed by atoms with Gasteiger partial charge >= 0.3 is 0 Å². The highest BCUT2D eigenvalue weighted by molar-refractivity contribution is 9.10. The van der Waals surface area contributed by atoms with E-state index in [0.29, 0.717) is 34.5 Å². The lowest BCUT2D eigenvalue weighted by Crippen LogP contribution is -2.29. The van der Waals surface area contributed by atoms with Gasteiger partial charge < -0.3 is 9.84 Å². The van der Waals surface area contributed by atoms with Gasteiger partial charge in [-0.1, -0.05) is 41.6 Å². The zero-order valence-electron chi connectivity index (χ0n) is 15.7. The number of carbonyl (C=O) groups is 1. The van der Waals surface area contributed by atoms with E-state index in [1.807, 2.05) is 31.2 Å². The summed E-state index contributed by atoms with van der Waals surface area (Å²) in [5, 5.41) is 7.40. The molecule has 0 spiro atoms. The minimum atomic E-state index is -0.390. The number of ketones is 1. The molecule has 146 valence electrons. The Balaban J connectivity index is 1.64. The summed E-state index contributed by atoms with van der Waals surface area (Å²) in [5.41, 5.74) is 4.89. The molecule has 29 heavy (non-hydrogen) atoms. The Kier molecular flexibility index (Phi) is 4.39. The van der Waals surface area contributed by atoms with Crippen LogP contribution in [0.1, 0.15) is 47.1 Å². The van der Waals surface area contributed by atoms with E-state index in [9.17, 15) is 9.18 Å². The van der Waals surface area contributed by atoms with Gasteiger partial charge in [-0.05, 0) is 58.5 Å². The quantitative estimate of drug-likeness (QED) is 0.530. The summed E-state index contributed by atoms with van der Waals surface area (Å²) in [5.74, 6) is -0.0327. The number of aromatic nitrogens is 1. The number of allylic oxidation sites excluding steroid dienone is 2. The van der Waals surface area contributed by atoms with E-state index in [-0.39, 0.29) is 23.4 Å². The maximum absolute atomic E-state index is 14.3. The molecule has 0 fully saturated rings. The maximum atomic E-state index is 14.3. The van der Waals surface area contributed by atoms with Crippen LogP contribution in [0.25, 0.3) is 0 Å². The highest BCUT2D eigenvalue weighted by atomic mass is 79.9. The molecule has 2 atom stereocenters. The SMILES string of the molecule is Cc1noc2c1C(c1ccc(Br)c(F)c1)C1=C(CC(c3ccccc3)CC1=O)N2. The molecule has 6 heteroatoms. The molecule has 5 rings (SSSR count). The van der Waals surface area contributed by atoms with E-state index in [1.165, 1.54) is 6.07 Å². The molecule has 1 aromatic heterocycles. The standard InChI is InChI=1S/C23H18BrFN2O2/c1-12-20-21(14-7-8-16(24)17(25)9-14)22-18(26-23(20)29-27-12)10-15(11-19(22)28)13-5-3-2-4-6-13/h2-9,15,21,26H,10-11H2,1H3. The molecule has 3 aromatic rings. The van der Waals surface area contributed by atoms with Gasteiger partial charge in [-0.15, -0.1) is 0 Å². The smallest absolute Gasteiger partial charge is 0.233 e. The van der Waals surface area contributed by atoms with Crippen LogP contribution < -0.4 is 5.32 Å². The Morgan fingerprint density at radius 3 is 2.69 bits per heavy atom. The summed E-state index contributed by atoms with van der Waals surface area (Å²) in [4.78, 5) is 13.3. The summed E-state index contributed by atoms with van der Waals surface area (Å²) >= 11 is 3.21. The van der Waals surface area contributed by atoms with Crippen LogP contribution >= 0.6 is 15.9 Å². The third-order valence-electron chi connectivity index (χ3n) is 5.81. The number of fused-ring (bicyclic) bond motifs is 1. The molecule has 2 aliphatic rings. The number of benzene rings is 2. The number of Topliss-reactive ketones (excluding diaryl/α,β-unsaturated/α-hetero) is 1. The van der Waals surface area contributed by atoms with E-state index in [4.69, 9.17) is 4.52 Å². The van der Waals surface area contributed by atoms with E-state index in [1.54, 1.807) is 6.07 Å². The van der Waals surface area contributed by atoms with Crippen molar-refractivity contribution in [1.29, 1.82) is 0 Å². The van der Waals surface area contributed by atoms with Gasteiger partial charge in [0, 0.05) is 23.6 Å². The zero-order valence-corrected chi connectivity index (χ0v) is 17.3. The third-order valence-corrected chi connectivity index (χ3v) is 6.45. The lowest BCUT2D eigenvalue weighted by Gasteiger charge is -2.34. The first-order chi connectivity index (χ1) is 14.0. The second-order valence-corrected chi connectivity index (χ2v) is 8.43. The highest BCUT2D eigenvalue weighted by Crippen LogP contribution is 2.49. The largest absolute Gasteiger partial charge is 0.338 e. The average molecular weight is 453 g/mol. The highest BCUT2D eigenvalue weighted by Gasteiger charge is 2.41. The molecule has 2 aromatic carbocycles. The molecule has 0 radical (unpaired) electrons. The van der Waals surface area contributed by atoms with Gasteiger partial charge in [-0.25, -0.2) is 4.39 Å². The number of rotatable bonds is 2. The minimum absolute atomic E-state index is 0.0761. The van der Waals surface area contributed by atoms with Crippen molar-refractivity contribution < 1.29 is 13.7 Å². The van der Waals surface area contributed by atoms with Crippen LogP contribution in [0.4, 0.5) is 10.3 Å². The van der Waals surface area contributed by atoms with Crippen LogP contribution in [-0.4, -0.2) is 10.9 Å². The number of nitrogens with zero attached hydrogens (tertiary/aromatic N) is 1. The van der Waals surface area contributed by atoms with Crippen LogP contribution in [0.5, 0.6) is 0 Å². The molecular weight excluding hydrogens is 435 g/mol. The number of hydrogen-bond donors (Lipinski definition) is 1. The predicted molar refractivity (Wildman–Crippen MR) is 111 cm³/mol.